The maximum absolute atomic E-state index is 11.2. The molecule has 1 heterocycles. The number of Topliss-reactive ketones (excluding diaryl/α,β-unsaturated/α-hetero) is 1. The minimum Gasteiger partial charge on any atom is -0.508 e. The summed E-state index contributed by atoms with van der Waals surface area (Å²) in [5, 5.41) is 12.8. The molecule has 0 spiro atoms. The van der Waals surface area contributed by atoms with Crippen LogP contribution in [0.1, 0.15) is 24.4 Å². The Morgan fingerprint density at radius 2 is 2.07 bits per heavy atom. The maximum Gasteiger partial charge on any atom is 0.136 e. The average molecular weight is 228 g/mol. The summed E-state index contributed by atoms with van der Waals surface area (Å²) in [4.78, 5) is 11.2. The lowest BCUT2D eigenvalue weighted by molar-refractivity contribution is -0.120. The molecular weight excluding hydrogens is 214 g/mol. The first-order valence-corrected chi connectivity index (χ1v) is 4.80. The number of para-hydroxylation sites is 1. The van der Waals surface area contributed by atoms with Crippen LogP contribution in [0.5, 0.6) is 5.75 Å². The number of phenols is 1. The van der Waals surface area contributed by atoms with E-state index in [2.05, 4.69) is 5.32 Å². The summed E-state index contributed by atoms with van der Waals surface area (Å²) >= 11 is 0. The van der Waals surface area contributed by atoms with Gasteiger partial charge in [0, 0.05) is 31.0 Å². The van der Waals surface area contributed by atoms with Gasteiger partial charge in [0.25, 0.3) is 0 Å². The van der Waals surface area contributed by atoms with E-state index in [1.807, 2.05) is 12.1 Å². The molecular formula is C11H14ClNO2. The van der Waals surface area contributed by atoms with E-state index in [0.29, 0.717) is 19.4 Å². The molecule has 1 aromatic rings. The largest absolute Gasteiger partial charge is 0.508 e. The van der Waals surface area contributed by atoms with Gasteiger partial charge in [0.1, 0.15) is 11.5 Å². The smallest absolute Gasteiger partial charge is 0.136 e. The Hall–Kier alpha value is -1.06. The van der Waals surface area contributed by atoms with Crippen LogP contribution in [0.15, 0.2) is 24.3 Å². The highest BCUT2D eigenvalue weighted by Gasteiger charge is 2.21. The van der Waals surface area contributed by atoms with Crippen molar-refractivity contribution in [2.24, 2.45) is 0 Å². The van der Waals surface area contributed by atoms with Gasteiger partial charge in [-0.3, -0.25) is 4.79 Å². The Morgan fingerprint density at radius 3 is 2.73 bits per heavy atom. The molecule has 1 aliphatic heterocycles. The Bertz CT molecular complexity index is 354. The molecule has 1 fully saturated rings. The number of hydrogen-bond donors (Lipinski definition) is 2. The number of carbonyl (C=O) groups is 1. The molecule has 2 rings (SSSR count). The van der Waals surface area contributed by atoms with Gasteiger partial charge in [-0.05, 0) is 6.07 Å². The fourth-order valence-electron chi connectivity index (χ4n) is 1.79. The number of benzene rings is 1. The normalized spacial score (nSPS) is 20.8. The quantitative estimate of drug-likeness (QED) is 0.769. The second-order valence-electron chi connectivity index (χ2n) is 3.56. The monoisotopic (exact) mass is 227 g/mol. The van der Waals surface area contributed by atoms with E-state index < -0.39 is 0 Å². The van der Waals surface area contributed by atoms with Gasteiger partial charge in [-0.2, -0.15) is 0 Å². The van der Waals surface area contributed by atoms with Crippen molar-refractivity contribution < 1.29 is 9.90 Å². The van der Waals surface area contributed by atoms with Gasteiger partial charge in [0.15, 0.2) is 0 Å². The lowest BCUT2D eigenvalue weighted by Gasteiger charge is -2.23. The van der Waals surface area contributed by atoms with Crippen molar-refractivity contribution in [3.05, 3.63) is 29.8 Å². The predicted molar refractivity (Wildman–Crippen MR) is 60.3 cm³/mol. The van der Waals surface area contributed by atoms with Crippen LogP contribution in [0, 0.1) is 0 Å². The van der Waals surface area contributed by atoms with E-state index in [0.717, 1.165) is 5.56 Å². The fourth-order valence-corrected chi connectivity index (χ4v) is 1.79. The molecule has 1 aromatic carbocycles. The topological polar surface area (TPSA) is 49.3 Å². The summed E-state index contributed by atoms with van der Waals surface area (Å²) in [6, 6.07) is 7.14. The SMILES string of the molecule is Cl.O=C1CCNC(c2ccccc2O)C1. The molecule has 0 amide bonds. The molecule has 1 saturated heterocycles. The first kappa shape index (κ1) is 12.0. The molecule has 0 bridgehead atoms. The second-order valence-corrected chi connectivity index (χ2v) is 3.56. The third-order valence-corrected chi connectivity index (χ3v) is 2.54. The molecule has 3 nitrogen and oxygen atoms in total. The number of halogens is 1. The molecule has 15 heavy (non-hydrogen) atoms. The zero-order valence-corrected chi connectivity index (χ0v) is 9.09. The van der Waals surface area contributed by atoms with E-state index in [1.54, 1.807) is 12.1 Å². The van der Waals surface area contributed by atoms with Crippen molar-refractivity contribution in [1.82, 2.24) is 5.32 Å². The molecule has 1 atom stereocenters. The number of rotatable bonds is 1. The first-order valence-electron chi connectivity index (χ1n) is 4.80. The van der Waals surface area contributed by atoms with Crippen LogP contribution in [0.4, 0.5) is 0 Å². The van der Waals surface area contributed by atoms with Gasteiger partial charge in [-0.25, -0.2) is 0 Å². The van der Waals surface area contributed by atoms with Crippen LogP contribution >= 0.6 is 12.4 Å². The molecule has 82 valence electrons. The second kappa shape index (κ2) is 5.14. The van der Waals surface area contributed by atoms with Gasteiger partial charge < -0.3 is 10.4 Å². The molecule has 0 aromatic heterocycles. The standard InChI is InChI=1S/C11H13NO2.ClH/c13-8-5-6-12-10(7-8)9-3-1-2-4-11(9)14;/h1-4,10,12,14H,5-7H2;1H. The van der Waals surface area contributed by atoms with Crippen molar-refractivity contribution in [2.45, 2.75) is 18.9 Å². The third kappa shape index (κ3) is 2.70. The van der Waals surface area contributed by atoms with Crippen LogP contribution in [0.25, 0.3) is 0 Å². The minimum absolute atomic E-state index is 0. The fraction of sp³-hybridized carbons (Fsp3) is 0.364. The molecule has 0 radical (unpaired) electrons. The van der Waals surface area contributed by atoms with Gasteiger partial charge in [-0.15, -0.1) is 12.4 Å². The summed E-state index contributed by atoms with van der Waals surface area (Å²) in [5.74, 6) is 0.525. The maximum atomic E-state index is 11.2. The van der Waals surface area contributed by atoms with Crippen molar-refractivity contribution in [3.8, 4) is 5.75 Å². The summed E-state index contributed by atoms with van der Waals surface area (Å²) in [6.45, 7) is 0.706. The number of nitrogens with one attached hydrogen (secondary N) is 1. The van der Waals surface area contributed by atoms with Crippen molar-refractivity contribution in [3.63, 3.8) is 0 Å². The average Bonchev–Trinajstić information content (AvgIpc) is 2.18. The Kier molecular flexibility index (Phi) is 4.12. The Balaban J connectivity index is 0.00000112. The van der Waals surface area contributed by atoms with Gasteiger partial charge >= 0.3 is 0 Å². The number of phenolic OH excluding ortho intramolecular Hbond substituents is 1. The highest BCUT2D eigenvalue weighted by Crippen LogP contribution is 2.27. The number of piperidine rings is 1. The first-order chi connectivity index (χ1) is 6.77. The van der Waals surface area contributed by atoms with Crippen molar-refractivity contribution >= 4 is 18.2 Å². The lowest BCUT2D eigenvalue weighted by Crippen LogP contribution is -2.31. The number of ketones is 1. The van der Waals surface area contributed by atoms with E-state index in [-0.39, 0.29) is 30.0 Å². The van der Waals surface area contributed by atoms with Crippen molar-refractivity contribution in [2.75, 3.05) is 6.54 Å². The predicted octanol–water partition coefficient (Wildman–Crippen LogP) is 1.81. The van der Waals surface area contributed by atoms with E-state index in [4.69, 9.17) is 0 Å². The third-order valence-electron chi connectivity index (χ3n) is 2.54. The molecule has 2 N–H and O–H groups in total. The van der Waals surface area contributed by atoms with Crippen molar-refractivity contribution in [1.29, 1.82) is 0 Å². The number of aromatic hydroxyl groups is 1. The van der Waals surface area contributed by atoms with Gasteiger partial charge in [0.05, 0.1) is 0 Å². The number of hydrogen-bond acceptors (Lipinski definition) is 3. The zero-order chi connectivity index (χ0) is 9.97. The summed E-state index contributed by atoms with van der Waals surface area (Å²) in [6.07, 6.45) is 1.08. The number of carbonyl (C=O) groups excluding carboxylic acids is 1. The highest BCUT2D eigenvalue weighted by molar-refractivity contribution is 5.85. The van der Waals surface area contributed by atoms with Crippen LogP contribution in [0.3, 0.4) is 0 Å². The van der Waals surface area contributed by atoms with Crippen LogP contribution in [-0.4, -0.2) is 17.4 Å². The van der Waals surface area contributed by atoms with E-state index in [1.165, 1.54) is 0 Å². The zero-order valence-electron chi connectivity index (χ0n) is 8.27. The summed E-state index contributed by atoms with van der Waals surface area (Å²) in [7, 11) is 0. The summed E-state index contributed by atoms with van der Waals surface area (Å²) < 4.78 is 0. The minimum atomic E-state index is -0.0163. The van der Waals surface area contributed by atoms with Gasteiger partial charge in [-0.1, -0.05) is 18.2 Å². The molecule has 0 aliphatic carbocycles. The molecule has 1 aliphatic rings. The molecule has 1 unspecified atom stereocenters. The van der Waals surface area contributed by atoms with Crippen LogP contribution < -0.4 is 5.32 Å². The Morgan fingerprint density at radius 1 is 1.33 bits per heavy atom. The summed E-state index contributed by atoms with van der Waals surface area (Å²) in [5.41, 5.74) is 0.820. The molecule has 4 heteroatoms. The molecule has 0 saturated carbocycles. The van der Waals surface area contributed by atoms with E-state index in [9.17, 15) is 9.90 Å². The van der Waals surface area contributed by atoms with E-state index >= 15 is 0 Å². The van der Waals surface area contributed by atoms with Gasteiger partial charge in [0.2, 0.25) is 0 Å². The highest BCUT2D eigenvalue weighted by atomic mass is 35.5. The lowest BCUT2D eigenvalue weighted by atomic mass is 9.96. The van der Waals surface area contributed by atoms with Crippen LogP contribution in [0.2, 0.25) is 0 Å². The van der Waals surface area contributed by atoms with Crippen LogP contribution in [-0.2, 0) is 4.79 Å². The Labute approximate surface area is 94.9 Å².